The lowest BCUT2D eigenvalue weighted by molar-refractivity contribution is 0.740. The Kier molecular flexibility index (Phi) is 3.23. The van der Waals surface area contributed by atoms with Crippen molar-refractivity contribution in [1.29, 1.82) is 0 Å². The molecule has 0 aliphatic carbocycles. The van der Waals surface area contributed by atoms with Gasteiger partial charge in [0.05, 0.1) is 17.2 Å². The zero-order valence-electron chi connectivity index (χ0n) is 7.48. The fraction of sp³-hybridized carbons (Fsp3) is 0.111. The van der Waals surface area contributed by atoms with Crippen molar-refractivity contribution < 1.29 is 0 Å². The van der Waals surface area contributed by atoms with Crippen LogP contribution in [-0.2, 0) is 6.54 Å². The van der Waals surface area contributed by atoms with Crippen LogP contribution in [-0.4, -0.2) is 9.55 Å². The molecule has 2 heterocycles. The molecule has 0 amide bonds. The molecular formula is C9H6BrClN2OS. The maximum Gasteiger partial charge on any atom is 0.267 e. The number of rotatable bonds is 2. The van der Waals surface area contributed by atoms with Crippen molar-refractivity contribution in [3.63, 3.8) is 0 Å². The summed E-state index contributed by atoms with van der Waals surface area (Å²) in [5.41, 5.74) is -0.0884. The second-order valence-corrected chi connectivity index (χ2v) is 5.53. The van der Waals surface area contributed by atoms with E-state index in [4.69, 9.17) is 11.6 Å². The van der Waals surface area contributed by atoms with Gasteiger partial charge in [-0.05, 0) is 28.1 Å². The van der Waals surface area contributed by atoms with Gasteiger partial charge in [-0.15, -0.1) is 11.3 Å². The highest BCUT2D eigenvalue weighted by atomic mass is 79.9. The van der Waals surface area contributed by atoms with Crippen molar-refractivity contribution in [2.24, 2.45) is 0 Å². The van der Waals surface area contributed by atoms with Gasteiger partial charge in [0.25, 0.3) is 5.56 Å². The van der Waals surface area contributed by atoms with Gasteiger partial charge in [0, 0.05) is 11.1 Å². The largest absolute Gasteiger partial charge is 0.293 e. The Morgan fingerprint density at radius 3 is 3.00 bits per heavy atom. The third-order valence-electron chi connectivity index (χ3n) is 1.81. The zero-order valence-corrected chi connectivity index (χ0v) is 10.6. The standard InChI is InChI=1S/C9H6BrClN2OS/c10-7-3-12-5-13(9(7)14)4-6-1-2-8(11)15-6/h1-3,5H,4H2. The van der Waals surface area contributed by atoms with Crippen LogP contribution in [0.4, 0.5) is 0 Å². The maximum absolute atomic E-state index is 11.6. The average molecular weight is 306 g/mol. The fourth-order valence-corrected chi connectivity index (χ4v) is 2.57. The number of nitrogens with zero attached hydrogens (tertiary/aromatic N) is 2. The van der Waals surface area contributed by atoms with Crippen LogP contribution in [0, 0.1) is 0 Å². The summed E-state index contributed by atoms with van der Waals surface area (Å²) in [6.45, 7) is 0.503. The van der Waals surface area contributed by atoms with Crippen LogP contribution in [0.1, 0.15) is 4.88 Å². The summed E-state index contributed by atoms with van der Waals surface area (Å²) < 4.78 is 2.72. The molecule has 0 unspecified atom stereocenters. The second kappa shape index (κ2) is 4.47. The van der Waals surface area contributed by atoms with Gasteiger partial charge in [-0.25, -0.2) is 4.98 Å². The molecule has 2 rings (SSSR count). The summed E-state index contributed by atoms with van der Waals surface area (Å²) in [6, 6.07) is 3.72. The first-order valence-electron chi connectivity index (χ1n) is 4.11. The maximum atomic E-state index is 11.6. The van der Waals surface area contributed by atoms with Crippen LogP contribution in [0.5, 0.6) is 0 Å². The second-order valence-electron chi connectivity index (χ2n) is 2.88. The minimum atomic E-state index is -0.0884. The van der Waals surface area contributed by atoms with Crippen molar-refractivity contribution in [2.45, 2.75) is 6.54 Å². The van der Waals surface area contributed by atoms with Crippen LogP contribution >= 0.6 is 38.9 Å². The number of thiophene rings is 1. The van der Waals surface area contributed by atoms with E-state index in [2.05, 4.69) is 20.9 Å². The topological polar surface area (TPSA) is 34.9 Å². The van der Waals surface area contributed by atoms with Gasteiger partial charge in [-0.2, -0.15) is 0 Å². The van der Waals surface area contributed by atoms with Gasteiger partial charge < -0.3 is 0 Å². The van der Waals surface area contributed by atoms with Gasteiger partial charge in [-0.1, -0.05) is 11.6 Å². The van der Waals surface area contributed by atoms with E-state index in [0.717, 1.165) is 9.21 Å². The Labute approximate surface area is 103 Å². The molecule has 2 aromatic heterocycles. The molecule has 0 atom stereocenters. The monoisotopic (exact) mass is 304 g/mol. The number of halogens is 2. The molecule has 2 aromatic rings. The summed E-state index contributed by atoms with van der Waals surface area (Å²) in [6.07, 6.45) is 3.00. The molecule has 0 saturated heterocycles. The highest BCUT2D eigenvalue weighted by molar-refractivity contribution is 9.10. The molecule has 0 saturated carbocycles. The summed E-state index contributed by atoms with van der Waals surface area (Å²) in [5, 5.41) is 0. The van der Waals surface area contributed by atoms with Crippen LogP contribution in [0.15, 0.2) is 33.9 Å². The highest BCUT2D eigenvalue weighted by Crippen LogP contribution is 2.21. The van der Waals surface area contributed by atoms with Crippen molar-refractivity contribution in [3.05, 3.63) is 48.7 Å². The molecule has 3 nitrogen and oxygen atoms in total. The first kappa shape index (κ1) is 10.9. The van der Waals surface area contributed by atoms with Gasteiger partial charge in [0.15, 0.2) is 0 Å². The third kappa shape index (κ3) is 2.48. The van der Waals surface area contributed by atoms with E-state index in [-0.39, 0.29) is 5.56 Å². The molecule has 78 valence electrons. The smallest absolute Gasteiger partial charge is 0.267 e. The van der Waals surface area contributed by atoms with Crippen molar-refractivity contribution >= 4 is 38.9 Å². The normalized spacial score (nSPS) is 10.5. The van der Waals surface area contributed by atoms with E-state index in [1.807, 2.05) is 12.1 Å². The minimum absolute atomic E-state index is 0.0884. The number of hydrogen-bond acceptors (Lipinski definition) is 3. The van der Waals surface area contributed by atoms with E-state index in [1.54, 1.807) is 0 Å². The number of aromatic nitrogens is 2. The molecule has 0 bridgehead atoms. The lowest BCUT2D eigenvalue weighted by Gasteiger charge is -2.02. The highest BCUT2D eigenvalue weighted by Gasteiger charge is 2.03. The minimum Gasteiger partial charge on any atom is -0.293 e. The predicted octanol–water partition coefficient (Wildman–Crippen LogP) is 2.77. The molecule has 0 aromatic carbocycles. The summed E-state index contributed by atoms with van der Waals surface area (Å²) in [5.74, 6) is 0. The average Bonchev–Trinajstić information content (AvgIpc) is 2.59. The molecular weight excluding hydrogens is 300 g/mol. The van der Waals surface area contributed by atoms with E-state index in [9.17, 15) is 4.79 Å². The Balaban J connectivity index is 2.32. The third-order valence-corrected chi connectivity index (χ3v) is 3.57. The van der Waals surface area contributed by atoms with E-state index in [1.165, 1.54) is 28.4 Å². The Bertz CT molecular complexity index is 537. The van der Waals surface area contributed by atoms with Crippen molar-refractivity contribution in [2.75, 3.05) is 0 Å². The molecule has 0 fully saturated rings. The first-order chi connectivity index (χ1) is 7.16. The fourth-order valence-electron chi connectivity index (χ4n) is 1.14. The van der Waals surface area contributed by atoms with E-state index < -0.39 is 0 Å². The first-order valence-corrected chi connectivity index (χ1v) is 6.10. The zero-order chi connectivity index (χ0) is 10.8. The van der Waals surface area contributed by atoms with Gasteiger partial charge in [0.2, 0.25) is 0 Å². The Morgan fingerprint density at radius 2 is 2.33 bits per heavy atom. The van der Waals surface area contributed by atoms with Gasteiger partial charge >= 0.3 is 0 Å². The summed E-state index contributed by atoms with van der Waals surface area (Å²) >= 11 is 10.4. The van der Waals surface area contributed by atoms with Crippen molar-refractivity contribution in [1.82, 2.24) is 9.55 Å². The molecule has 6 heteroatoms. The Hall–Kier alpha value is -0.650. The molecule has 0 N–H and O–H groups in total. The van der Waals surface area contributed by atoms with Gasteiger partial charge in [0.1, 0.15) is 4.47 Å². The lowest BCUT2D eigenvalue weighted by Crippen LogP contribution is -2.20. The lowest BCUT2D eigenvalue weighted by atomic mass is 10.4. The summed E-state index contributed by atoms with van der Waals surface area (Å²) in [7, 11) is 0. The molecule has 0 spiro atoms. The van der Waals surface area contributed by atoms with Crippen molar-refractivity contribution in [3.8, 4) is 0 Å². The predicted molar refractivity (Wildman–Crippen MR) is 64.6 cm³/mol. The number of hydrogen-bond donors (Lipinski definition) is 0. The van der Waals surface area contributed by atoms with Crippen LogP contribution in [0.3, 0.4) is 0 Å². The quantitative estimate of drug-likeness (QED) is 0.855. The van der Waals surface area contributed by atoms with E-state index >= 15 is 0 Å². The molecule has 0 aliphatic rings. The molecule has 15 heavy (non-hydrogen) atoms. The van der Waals surface area contributed by atoms with Crippen LogP contribution < -0.4 is 5.56 Å². The summed E-state index contributed by atoms with van der Waals surface area (Å²) in [4.78, 5) is 16.6. The van der Waals surface area contributed by atoms with Crippen LogP contribution in [0.25, 0.3) is 0 Å². The SMILES string of the molecule is O=c1c(Br)cncn1Cc1ccc(Cl)s1. The molecule has 0 radical (unpaired) electrons. The molecule has 0 aliphatic heterocycles. The van der Waals surface area contributed by atoms with Gasteiger partial charge in [-0.3, -0.25) is 9.36 Å². The Morgan fingerprint density at radius 1 is 1.53 bits per heavy atom. The van der Waals surface area contributed by atoms with E-state index in [0.29, 0.717) is 11.0 Å². The van der Waals surface area contributed by atoms with Crippen LogP contribution in [0.2, 0.25) is 4.34 Å².